The Kier molecular flexibility index (Phi) is 6.41. The molecule has 0 fully saturated rings. The minimum Gasteiger partial charge on any atom is -0.400 e. The molecule has 1 aromatic carbocycles. The second-order valence-electron chi connectivity index (χ2n) is 9.14. The number of hydrogen-bond donors (Lipinski definition) is 1. The number of hydrogen-bond acceptors (Lipinski definition) is 6. The molecule has 0 bridgehead atoms. The SMILES string of the molecule is CC(C)(C)[C@@H]1CCc2c(sc(N=Cc3ccc([N+](=O)[O-])o3)c2C(=O)Nc2ccc(Cl)cc2)C1. The van der Waals surface area contributed by atoms with E-state index in [1.165, 1.54) is 34.6 Å². The van der Waals surface area contributed by atoms with Crippen molar-refractivity contribution >= 4 is 51.6 Å². The van der Waals surface area contributed by atoms with Crippen molar-refractivity contribution in [3.8, 4) is 0 Å². The maximum Gasteiger partial charge on any atom is 0.433 e. The standard InChI is InChI=1S/C24H24ClN3O4S/c1-24(2,3)14-4-10-18-19(12-14)33-23(26-13-17-9-11-20(32-17)28(30)31)21(18)22(29)27-16-7-5-15(25)6-8-16/h5-9,11,13-14H,4,10,12H2,1-3H3,(H,27,29)/t14-/m1/s1. The Labute approximate surface area is 200 Å². The van der Waals surface area contributed by atoms with E-state index in [1.54, 1.807) is 24.3 Å². The molecule has 1 N–H and O–H groups in total. The van der Waals surface area contributed by atoms with Crippen molar-refractivity contribution in [2.75, 3.05) is 5.32 Å². The van der Waals surface area contributed by atoms with Crippen molar-refractivity contribution in [3.63, 3.8) is 0 Å². The van der Waals surface area contributed by atoms with E-state index in [4.69, 9.17) is 16.0 Å². The molecule has 9 heteroatoms. The van der Waals surface area contributed by atoms with Crippen molar-refractivity contribution in [2.24, 2.45) is 16.3 Å². The highest BCUT2D eigenvalue weighted by Gasteiger charge is 2.33. The first-order valence-electron chi connectivity index (χ1n) is 10.6. The molecule has 0 unspecified atom stereocenters. The molecule has 0 spiro atoms. The Morgan fingerprint density at radius 1 is 1.27 bits per heavy atom. The summed E-state index contributed by atoms with van der Waals surface area (Å²) in [6.45, 7) is 6.73. The van der Waals surface area contributed by atoms with E-state index >= 15 is 0 Å². The minimum atomic E-state index is -0.598. The second-order valence-corrected chi connectivity index (χ2v) is 10.7. The molecule has 0 radical (unpaired) electrons. The third-order valence-electron chi connectivity index (χ3n) is 5.90. The highest BCUT2D eigenvalue weighted by molar-refractivity contribution is 7.16. The summed E-state index contributed by atoms with van der Waals surface area (Å²) in [5.74, 6) is 0.183. The van der Waals surface area contributed by atoms with Crippen LogP contribution in [0.4, 0.5) is 16.6 Å². The van der Waals surface area contributed by atoms with Gasteiger partial charge in [0.1, 0.15) is 9.92 Å². The van der Waals surface area contributed by atoms with Crippen LogP contribution in [0.3, 0.4) is 0 Å². The maximum absolute atomic E-state index is 13.3. The molecule has 4 rings (SSSR count). The molecule has 1 atom stereocenters. The Morgan fingerprint density at radius 2 is 2.00 bits per heavy atom. The Balaban J connectivity index is 1.68. The third kappa shape index (κ3) is 5.17. The number of amides is 1. The molecule has 3 aromatic rings. The van der Waals surface area contributed by atoms with Crippen LogP contribution in [0.25, 0.3) is 0 Å². The van der Waals surface area contributed by atoms with Gasteiger partial charge in [-0.05, 0) is 66.5 Å². The van der Waals surface area contributed by atoms with Crippen molar-refractivity contribution in [1.29, 1.82) is 0 Å². The average Bonchev–Trinajstić information content (AvgIpc) is 3.37. The first kappa shape index (κ1) is 23.2. The van der Waals surface area contributed by atoms with Gasteiger partial charge in [-0.15, -0.1) is 11.3 Å². The number of nitrogens with zero attached hydrogens (tertiary/aromatic N) is 2. The summed E-state index contributed by atoms with van der Waals surface area (Å²) in [5.41, 5.74) is 2.40. The lowest BCUT2D eigenvalue weighted by molar-refractivity contribution is -0.402. The molecule has 2 heterocycles. The molecule has 0 aliphatic heterocycles. The fraction of sp³-hybridized carbons (Fsp3) is 0.333. The van der Waals surface area contributed by atoms with E-state index in [-0.39, 0.29) is 23.0 Å². The molecule has 0 saturated heterocycles. The molecule has 1 aliphatic carbocycles. The normalized spacial score (nSPS) is 16.1. The highest BCUT2D eigenvalue weighted by atomic mass is 35.5. The zero-order valence-electron chi connectivity index (χ0n) is 18.6. The topological polar surface area (TPSA) is 97.7 Å². The number of nitrogens with one attached hydrogen (secondary N) is 1. The molecule has 7 nitrogen and oxygen atoms in total. The summed E-state index contributed by atoms with van der Waals surface area (Å²) in [7, 11) is 0. The summed E-state index contributed by atoms with van der Waals surface area (Å²) >= 11 is 7.46. The van der Waals surface area contributed by atoms with Gasteiger partial charge >= 0.3 is 5.88 Å². The van der Waals surface area contributed by atoms with Crippen molar-refractivity contribution in [3.05, 3.63) is 73.3 Å². The van der Waals surface area contributed by atoms with Crippen LogP contribution in [0.5, 0.6) is 0 Å². The summed E-state index contributed by atoms with van der Waals surface area (Å²) in [5, 5.41) is 15.0. The molecule has 2 aromatic heterocycles. The number of carbonyl (C=O) groups excluding carboxylic acids is 1. The van der Waals surface area contributed by atoms with E-state index in [9.17, 15) is 14.9 Å². The Hall–Kier alpha value is -2.97. The average molecular weight is 486 g/mol. The molecule has 1 amide bonds. The molecule has 172 valence electrons. The number of anilines is 1. The molecular weight excluding hydrogens is 462 g/mol. The summed E-state index contributed by atoms with van der Waals surface area (Å²) in [6.07, 6.45) is 4.12. The fourth-order valence-electron chi connectivity index (χ4n) is 3.99. The lowest BCUT2D eigenvalue weighted by atomic mass is 9.72. The van der Waals surface area contributed by atoms with Crippen LogP contribution in [0, 0.1) is 21.4 Å². The van der Waals surface area contributed by atoms with E-state index in [0.717, 1.165) is 24.8 Å². The molecular formula is C24H24ClN3O4S. The predicted molar refractivity (Wildman–Crippen MR) is 131 cm³/mol. The number of aliphatic imine (C=N–C) groups is 1. The zero-order chi connectivity index (χ0) is 23.8. The van der Waals surface area contributed by atoms with Crippen LogP contribution in [-0.2, 0) is 12.8 Å². The number of benzene rings is 1. The van der Waals surface area contributed by atoms with Gasteiger partial charge in [0.05, 0.1) is 17.8 Å². The predicted octanol–water partition coefficient (Wildman–Crippen LogP) is 7.06. The van der Waals surface area contributed by atoms with Gasteiger partial charge < -0.3 is 9.73 Å². The monoisotopic (exact) mass is 485 g/mol. The number of furan rings is 1. The van der Waals surface area contributed by atoms with Gasteiger partial charge in [0.25, 0.3) is 5.91 Å². The second kappa shape index (κ2) is 9.11. The summed E-state index contributed by atoms with van der Waals surface area (Å²) < 4.78 is 5.18. The van der Waals surface area contributed by atoms with Crippen molar-refractivity contribution < 1.29 is 14.1 Å². The van der Waals surface area contributed by atoms with Gasteiger partial charge in [-0.3, -0.25) is 14.9 Å². The van der Waals surface area contributed by atoms with Gasteiger partial charge in [0.2, 0.25) is 0 Å². The van der Waals surface area contributed by atoms with Gasteiger partial charge in [-0.1, -0.05) is 32.4 Å². The van der Waals surface area contributed by atoms with E-state index in [1.807, 2.05) is 0 Å². The maximum atomic E-state index is 13.3. The highest BCUT2D eigenvalue weighted by Crippen LogP contribution is 2.45. The zero-order valence-corrected chi connectivity index (χ0v) is 20.1. The lowest BCUT2D eigenvalue weighted by Gasteiger charge is -2.33. The quantitative estimate of drug-likeness (QED) is 0.237. The van der Waals surface area contributed by atoms with Crippen molar-refractivity contribution in [2.45, 2.75) is 40.0 Å². The third-order valence-corrected chi connectivity index (χ3v) is 7.32. The molecule has 1 aliphatic rings. The first-order valence-corrected chi connectivity index (χ1v) is 11.8. The van der Waals surface area contributed by atoms with Gasteiger partial charge in [-0.2, -0.15) is 0 Å². The van der Waals surface area contributed by atoms with Gasteiger partial charge in [-0.25, -0.2) is 4.99 Å². The fourth-order valence-corrected chi connectivity index (χ4v) is 5.39. The van der Waals surface area contributed by atoms with Crippen molar-refractivity contribution in [1.82, 2.24) is 0 Å². The number of fused-ring (bicyclic) bond motifs is 1. The van der Waals surface area contributed by atoms with E-state index in [0.29, 0.717) is 27.2 Å². The van der Waals surface area contributed by atoms with E-state index < -0.39 is 4.92 Å². The number of halogens is 1. The summed E-state index contributed by atoms with van der Waals surface area (Å²) in [4.78, 5) is 29.3. The van der Waals surface area contributed by atoms with Crippen LogP contribution >= 0.6 is 22.9 Å². The van der Waals surface area contributed by atoms with Gasteiger partial charge in [0, 0.05) is 15.6 Å². The lowest BCUT2D eigenvalue weighted by Crippen LogP contribution is -2.27. The van der Waals surface area contributed by atoms with Crippen LogP contribution in [0.15, 0.2) is 45.8 Å². The Morgan fingerprint density at radius 3 is 2.64 bits per heavy atom. The number of thiophene rings is 1. The minimum absolute atomic E-state index is 0.171. The molecule has 33 heavy (non-hydrogen) atoms. The molecule has 0 saturated carbocycles. The van der Waals surface area contributed by atoms with Crippen LogP contribution in [0.1, 0.15) is 53.8 Å². The largest absolute Gasteiger partial charge is 0.433 e. The van der Waals surface area contributed by atoms with Crippen LogP contribution < -0.4 is 5.32 Å². The van der Waals surface area contributed by atoms with Gasteiger partial charge in [0.15, 0.2) is 5.76 Å². The van der Waals surface area contributed by atoms with Crippen LogP contribution in [-0.4, -0.2) is 17.0 Å². The number of rotatable bonds is 5. The Bertz CT molecular complexity index is 1220. The smallest absolute Gasteiger partial charge is 0.400 e. The van der Waals surface area contributed by atoms with E-state index in [2.05, 4.69) is 31.1 Å². The first-order chi connectivity index (χ1) is 15.6. The number of nitro groups is 1. The number of carbonyl (C=O) groups is 1. The van der Waals surface area contributed by atoms with Crippen LogP contribution in [0.2, 0.25) is 5.02 Å². The summed E-state index contributed by atoms with van der Waals surface area (Å²) in [6, 6.07) is 9.70.